The molecule has 0 spiro atoms. The van der Waals surface area contributed by atoms with Crippen LogP contribution in [0, 0.1) is 0 Å². The molecule has 11 heavy (non-hydrogen) atoms. The zero-order chi connectivity index (χ0) is 8.69. The van der Waals surface area contributed by atoms with Crippen LogP contribution >= 0.6 is 0 Å². The Balaban J connectivity index is 0.000000183. The smallest absolute Gasteiger partial charge is 0.414 e. The number of hydrogen-bond donors (Lipinski definition) is 2. The van der Waals surface area contributed by atoms with Crippen molar-refractivity contribution in [3.8, 4) is 0 Å². The standard InChI is InChI=1S/C3H3NO.C2H2O4/c1-2-4-5-3-1;3-1(4)2(5)6/h1-3H;(H,3,4)(H,5,6). The average molecular weight is 159 g/mol. The SMILES string of the molecule is O=C(O)C(=O)O.c1cnoc1. The van der Waals surface area contributed by atoms with Crippen molar-refractivity contribution in [2.45, 2.75) is 0 Å². The molecule has 60 valence electrons. The second kappa shape index (κ2) is 4.98. The molecule has 0 amide bonds. The summed E-state index contributed by atoms with van der Waals surface area (Å²) in [7, 11) is 0. The van der Waals surface area contributed by atoms with Gasteiger partial charge in [0.05, 0.1) is 6.20 Å². The van der Waals surface area contributed by atoms with Crippen LogP contribution in [0.1, 0.15) is 0 Å². The molecule has 0 bridgehead atoms. The fourth-order valence-electron chi connectivity index (χ4n) is 0.176. The van der Waals surface area contributed by atoms with E-state index in [2.05, 4.69) is 9.68 Å². The van der Waals surface area contributed by atoms with Crippen LogP contribution in [0.2, 0.25) is 0 Å². The molecule has 0 aliphatic heterocycles. The van der Waals surface area contributed by atoms with Crippen molar-refractivity contribution < 1.29 is 24.3 Å². The summed E-state index contributed by atoms with van der Waals surface area (Å²) in [6, 6.07) is 1.72. The third-order valence-corrected chi connectivity index (χ3v) is 0.530. The molecule has 2 N–H and O–H groups in total. The Morgan fingerprint density at radius 1 is 1.27 bits per heavy atom. The molecule has 0 atom stereocenters. The highest BCUT2D eigenvalue weighted by Crippen LogP contribution is 1.72. The summed E-state index contributed by atoms with van der Waals surface area (Å²) in [5, 5.41) is 18.1. The number of hydrogen-bond acceptors (Lipinski definition) is 4. The normalized spacial score (nSPS) is 7.64. The molecule has 6 heteroatoms. The van der Waals surface area contributed by atoms with E-state index in [1.807, 2.05) is 0 Å². The fourth-order valence-corrected chi connectivity index (χ4v) is 0.176. The summed E-state index contributed by atoms with van der Waals surface area (Å²) in [4.78, 5) is 18.2. The highest BCUT2D eigenvalue weighted by Gasteiger charge is 2.04. The minimum Gasteiger partial charge on any atom is -0.473 e. The number of rotatable bonds is 0. The van der Waals surface area contributed by atoms with Gasteiger partial charge in [-0.25, -0.2) is 9.59 Å². The first-order valence-electron chi connectivity index (χ1n) is 2.45. The summed E-state index contributed by atoms with van der Waals surface area (Å²) >= 11 is 0. The molecule has 0 aliphatic carbocycles. The average Bonchev–Trinajstić information content (AvgIpc) is 2.41. The van der Waals surface area contributed by atoms with Gasteiger partial charge in [0.1, 0.15) is 6.26 Å². The molecule has 0 saturated heterocycles. The zero-order valence-electron chi connectivity index (χ0n) is 5.30. The fraction of sp³-hybridized carbons (Fsp3) is 0. The summed E-state index contributed by atoms with van der Waals surface area (Å²) in [5.41, 5.74) is 0. The molecule has 1 aromatic heterocycles. The quantitative estimate of drug-likeness (QED) is 0.509. The summed E-state index contributed by atoms with van der Waals surface area (Å²) < 4.78 is 4.33. The minimum atomic E-state index is -1.82. The first kappa shape index (κ1) is 9.15. The Morgan fingerprint density at radius 3 is 1.91 bits per heavy atom. The lowest BCUT2D eigenvalue weighted by Gasteiger charge is -1.72. The molecule has 0 saturated carbocycles. The molecule has 1 heterocycles. The summed E-state index contributed by atoms with van der Waals surface area (Å²) in [6.07, 6.45) is 3.10. The van der Waals surface area contributed by atoms with Crippen LogP contribution < -0.4 is 0 Å². The van der Waals surface area contributed by atoms with E-state index in [1.54, 1.807) is 12.3 Å². The van der Waals surface area contributed by atoms with Crippen molar-refractivity contribution in [2.75, 3.05) is 0 Å². The van der Waals surface area contributed by atoms with Gasteiger partial charge >= 0.3 is 11.9 Å². The lowest BCUT2D eigenvalue weighted by molar-refractivity contribution is -0.159. The van der Waals surface area contributed by atoms with Crippen molar-refractivity contribution in [3.63, 3.8) is 0 Å². The van der Waals surface area contributed by atoms with Gasteiger partial charge in [0.25, 0.3) is 0 Å². The minimum absolute atomic E-state index is 1.51. The van der Waals surface area contributed by atoms with Crippen molar-refractivity contribution in [3.05, 3.63) is 18.5 Å². The predicted octanol–water partition coefficient (Wildman–Crippen LogP) is -0.170. The number of aromatic nitrogens is 1. The van der Waals surface area contributed by atoms with E-state index in [1.165, 1.54) is 6.26 Å². The number of carboxylic acid groups (broad SMARTS) is 2. The largest absolute Gasteiger partial charge is 0.473 e. The van der Waals surface area contributed by atoms with E-state index in [9.17, 15) is 0 Å². The van der Waals surface area contributed by atoms with Crippen LogP contribution in [-0.4, -0.2) is 27.3 Å². The number of aliphatic carboxylic acids is 2. The van der Waals surface area contributed by atoms with Crippen LogP contribution in [0.5, 0.6) is 0 Å². The number of carboxylic acids is 2. The first-order chi connectivity index (χ1) is 5.14. The van der Waals surface area contributed by atoms with Gasteiger partial charge in [0, 0.05) is 0 Å². The lowest BCUT2D eigenvalue weighted by atomic mass is 10.7. The number of nitrogens with zero attached hydrogens (tertiary/aromatic N) is 1. The Kier molecular flexibility index (Phi) is 4.14. The van der Waals surface area contributed by atoms with E-state index in [0.29, 0.717) is 0 Å². The Hall–Kier alpha value is -1.85. The van der Waals surface area contributed by atoms with Crippen LogP contribution in [0.15, 0.2) is 23.0 Å². The van der Waals surface area contributed by atoms with Crippen molar-refractivity contribution in [2.24, 2.45) is 0 Å². The van der Waals surface area contributed by atoms with Crippen LogP contribution in [0.4, 0.5) is 0 Å². The molecule has 1 rings (SSSR count). The summed E-state index contributed by atoms with van der Waals surface area (Å²) in [5.74, 6) is -3.65. The zero-order valence-corrected chi connectivity index (χ0v) is 5.30. The maximum Gasteiger partial charge on any atom is 0.414 e. The maximum absolute atomic E-state index is 9.10. The highest BCUT2D eigenvalue weighted by atomic mass is 16.5. The lowest BCUT2D eigenvalue weighted by Crippen LogP contribution is -2.09. The van der Waals surface area contributed by atoms with E-state index < -0.39 is 11.9 Å². The second-order valence-corrected chi connectivity index (χ2v) is 1.30. The molecule has 0 unspecified atom stereocenters. The Morgan fingerprint density at radius 2 is 1.82 bits per heavy atom. The number of carbonyl (C=O) groups is 2. The Labute approximate surface area is 61.0 Å². The third-order valence-electron chi connectivity index (χ3n) is 0.530. The van der Waals surface area contributed by atoms with Gasteiger partial charge in [-0.2, -0.15) is 0 Å². The van der Waals surface area contributed by atoms with Gasteiger partial charge in [0.15, 0.2) is 0 Å². The van der Waals surface area contributed by atoms with Gasteiger partial charge in [-0.15, -0.1) is 0 Å². The maximum atomic E-state index is 9.10. The van der Waals surface area contributed by atoms with E-state index in [0.717, 1.165) is 0 Å². The van der Waals surface area contributed by atoms with Crippen LogP contribution in [-0.2, 0) is 9.59 Å². The predicted molar refractivity (Wildman–Crippen MR) is 31.8 cm³/mol. The molecule has 0 aromatic carbocycles. The van der Waals surface area contributed by atoms with Gasteiger partial charge in [-0.05, 0) is 6.07 Å². The van der Waals surface area contributed by atoms with Crippen molar-refractivity contribution in [1.82, 2.24) is 5.16 Å². The first-order valence-corrected chi connectivity index (χ1v) is 2.45. The monoisotopic (exact) mass is 159 g/mol. The topological polar surface area (TPSA) is 101 Å². The van der Waals surface area contributed by atoms with Crippen molar-refractivity contribution >= 4 is 11.9 Å². The van der Waals surface area contributed by atoms with E-state index in [-0.39, 0.29) is 0 Å². The molecule has 0 radical (unpaired) electrons. The molecular formula is C5H5NO5. The van der Waals surface area contributed by atoms with E-state index >= 15 is 0 Å². The summed E-state index contributed by atoms with van der Waals surface area (Å²) in [6.45, 7) is 0. The third kappa shape index (κ3) is 6.03. The van der Waals surface area contributed by atoms with Gasteiger partial charge in [0.2, 0.25) is 0 Å². The molecule has 0 aliphatic rings. The van der Waals surface area contributed by atoms with E-state index in [4.69, 9.17) is 19.8 Å². The molecule has 1 aromatic rings. The van der Waals surface area contributed by atoms with Gasteiger partial charge in [-0.1, -0.05) is 5.16 Å². The van der Waals surface area contributed by atoms with Crippen molar-refractivity contribution in [1.29, 1.82) is 0 Å². The van der Waals surface area contributed by atoms with Gasteiger partial charge < -0.3 is 14.7 Å². The Bertz CT molecular complexity index is 188. The van der Waals surface area contributed by atoms with Crippen LogP contribution in [0.3, 0.4) is 0 Å². The molecule has 6 nitrogen and oxygen atoms in total. The molecular weight excluding hydrogens is 154 g/mol. The van der Waals surface area contributed by atoms with Crippen LogP contribution in [0.25, 0.3) is 0 Å². The van der Waals surface area contributed by atoms with Gasteiger partial charge in [-0.3, -0.25) is 0 Å². The second-order valence-electron chi connectivity index (χ2n) is 1.30. The molecule has 0 fully saturated rings. The highest BCUT2D eigenvalue weighted by molar-refractivity contribution is 6.27.